The van der Waals surface area contributed by atoms with Crippen LogP contribution in [0, 0.1) is 11.8 Å². The van der Waals surface area contributed by atoms with Gasteiger partial charge in [-0.05, 0) is 74.6 Å². The van der Waals surface area contributed by atoms with E-state index >= 15 is 0 Å². The SMILES string of the molecule is CC(C)CCCC(C)NC(=O)C1CCN(S(=O)(=O)c2ccc3c(c2)CCC3)CC1. The molecule has 0 aromatic heterocycles. The summed E-state index contributed by atoms with van der Waals surface area (Å²) in [4.78, 5) is 13.0. The number of aryl methyl sites for hydroxylation is 2. The molecular formula is C23H36N2O3S. The van der Waals surface area contributed by atoms with Crippen LogP contribution in [0.2, 0.25) is 0 Å². The number of carbonyl (C=O) groups is 1. The van der Waals surface area contributed by atoms with Crippen LogP contribution >= 0.6 is 0 Å². The predicted molar refractivity (Wildman–Crippen MR) is 116 cm³/mol. The Balaban J connectivity index is 1.51. The summed E-state index contributed by atoms with van der Waals surface area (Å²) >= 11 is 0. The molecule has 1 heterocycles. The van der Waals surface area contributed by atoms with Crippen molar-refractivity contribution in [1.82, 2.24) is 9.62 Å². The number of nitrogens with zero attached hydrogens (tertiary/aromatic N) is 1. The van der Waals surface area contributed by atoms with Gasteiger partial charge in [-0.25, -0.2) is 8.42 Å². The van der Waals surface area contributed by atoms with Gasteiger partial charge in [0.25, 0.3) is 0 Å². The van der Waals surface area contributed by atoms with Crippen LogP contribution in [0.25, 0.3) is 0 Å². The fraction of sp³-hybridized carbons (Fsp3) is 0.696. The molecule has 1 saturated heterocycles. The Hall–Kier alpha value is -1.40. The number of piperidine rings is 1. The number of amides is 1. The van der Waals surface area contributed by atoms with E-state index < -0.39 is 10.0 Å². The van der Waals surface area contributed by atoms with Gasteiger partial charge in [0.15, 0.2) is 0 Å². The first kappa shape index (κ1) is 22.3. The highest BCUT2D eigenvalue weighted by Crippen LogP contribution is 2.28. The zero-order valence-corrected chi connectivity index (χ0v) is 18.9. The van der Waals surface area contributed by atoms with E-state index in [4.69, 9.17) is 0 Å². The van der Waals surface area contributed by atoms with Crippen molar-refractivity contribution in [1.29, 1.82) is 0 Å². The number of benzene rings is 1. The van der Waals surface area contributed by atoms with Crippen LogP contribution in [0.15, 0.2) is 23.1 Å². The van der Waals surface area contributed by atoms with Gasteiger partial charge in [0.1, 0.15) is 0 Å². The van der Waals surface area contributed by atoms with Gasteiger partial charge < -0.3 is 5.32 Å². The van der Waals surface area contributed by atoms with E-state index in [2.05, 4.69) is 26.1 Å². The minimum atomic E-state index is -3.47. The van der Waals surface area contributed by atoms with E-state index in [0.717, 1.165) is 32.1 Å². The van der Waals surface area contributed by atoms with Gasteiger partial charge in [-0.15, -0.1) is 0 Å². The van der Waals surface area contributed by atoms with Gasteiger partial charge in [0.2, 0.25) is 15.9 Å². The average molecular weight is 421 g/mol. The molecule has 2 aliphatic rings. The van der Waals surface area contributed by atoms with Crippen molar-refractivity contribution in [3.05, 3.63) is 29.3 Å². The van der Waals surface area contributed by atoms with E-state index in [1.807, 2.05) is 12.1 Å². The summed E-state index contributed by atoms with van der Waals surface area (Å²) in [6.45, 7) is 7.33. The fourth-order valence-electron chi connectivity index (χ4n) is 4.48. The third-order valence-electron chi connectivity index (χ3n) is 6.34. The largest absolute Gasteiger partial charge is 0.353 e. The molecule has 1 unspecified atom stereocenters. The summed E-state index contributed by atoms with van der Waals surface area (Å²) in [5.74, 6) is 0.681. The van der Waals surface area contributed by atoms with Crippen molar-refractivity contribution in [3.63, 3.8) is 0 Å². The number of rotatable bonds is 8. The summed E-state index contributed by atoms with van der Waals surface area (Å²) in [5.41, 5.74) is 2.45. The standard InChI is InChI=1S/C23H36N2O3S/c1-17(2)6-4-7-18(3)24-23(26)20-12-14-25(15-13-20)29(27,28)22-11-10-19-8-5-9-21(19)16-22/h10-11,16-18,20H,4-9,12-15H2,1-3H3,(H,24,26). The Morgan fingerprint density at radius 3 is 2.48 bits per heavy atom. The molecule has 1 atom stereocenters. The number of hydrogen-bond acceptors (Lipinski definition) is 3. The van der Waals surface area contributed by atoms with Gasteiger partial charge in [-0.3, -0.25) is 4.79 Å². The summed E-state index contributed by atoms with van der Waals surface area (Å²) < 4.78 is 27.6. The number of fused-ring (bicyclic) bond motifs is 1. The van der Waals surface area contributed by atoms with Crippen LogP contribution in [-0.2, 0) is 27.7 Å². The summed E-state index contributed by atoms with van der Waals surface area (Å²) in [6, 6.07) is 5.75. The number of nitrogens with one attached hydrogen (secondary N) is 1. The van der Waals surface area contributed by atoms with E-state index in [0.29, 0.717) is 36.7 Å². The van der Waals surface area contributed by atoms with Crippen molar-refractivity contribution in [2.24, 2.45) is 11.8 Å². The van der Waals surface area contributed by atoms with Crippen LogP contribution in [-0.4, -0.2) is 37.8 Å². The Kier molecular flexibility index (Phi) is 7.38. The maximum Gasteiger partial charge on any atom is 0.243 e. The molecule has 1 N–H and O–H groups in total. The zero-order valence-electron chi connectivity index (χ0n) is 18.1. The summed E-state index contributed by atoms with van der Waals surface area (Å²) in [6.07, 6.45) is 7.60. The molecule has 1 fully saturated rings. The van der Waals surface area contributed by atoms with Crippen LogP contribution < -0.4 is 5.32 Å². The number of sulfonamides is 1. The van der Waals surface area contributed by atoms with Crippen LogP contribution in [0.3, 0.4) is 0 Å². The average Bonchev–Trinajstić information content (AvgIpc) is 3.15. The Morgan fingerprint density at radius 1 is 1.10 bits per heavy atom. The highest BCUT2D eigenvalue weighted by molar-refractivity contribution is 7.89. The monoisotopic (exact) mass is 420 g/mol. The number of hydrogen-bond donors (Lipinski definition) is 1. The molecule has 0 spiro atoms. The van der Waals surface area contributed by atoms with Crippen LogP contribution in [0.5, 0.6) is 0 Å². The van der Waals surface area contributed by atoms with Crippen LogP contribution in [0.4, 0.5) is 0 Å². The predicted octanol–water partition coefficient (Wildman–Crippen LogP) is 3.91. The first-order chi connectivity index (χ1) is 13.8. The Bertz CT molecular complexity index is 811. The molecule has 6 heteroatoms. The van der Waals surface area contributed by atoms with Gasteiger partial charge in [-0.1, -0.05) is 32.8 Å². The molecule has 1 aliphatic heterocycles. The smallest absolute Gasteiger partial charge is 0.243 e. The Labute approximate surface area is 176 Å². The first-order valence-electron chi connectivity index (χ1n) is 11.2. The van der Waals surface area contributed by atoms with Gasteiger partial charge in [-0.2, -0.15) is 4.31 Å². The normalized spacial score (nSPS) is 19.3. The van der Waals surface area contributed by atoms with E-state index in [9.17, 15) is 13.2 Å². The quantitative estimate of drug-likeness (QED) is 0.693. The van der Waals surface area contributed by atoms with Crippen LogP contribution in [0.1, 0.15) is 70.4 Å². The summed E-state index contributed by atoms with van der Waals surface area (Å²) in [7, 11) is -3.47. The number of carbonyl (C=O) groups excluding carboxylic acids is 1. The minimum Gasteiger partial charge on any atom is -0.353 e. The molecule has 0 saturated carbocycles. The second kappa shape index (κ2) is 9.61. The molecule has 1 aromatic carbocycles. The highest BCUT2D eigenvalue weighted by atomic mass is 32.2. The fourth-order valence-corrected chi connectivity index (χ4v) is 6.00. The highest BCUT2D eigenvalue weighted by Gasteiger charge is 2.32. The second-order valence-corrected chi connectivity index (χ2v) is 11.1. The van der Waals surface area contributed by atoms with Crippen molar-refractivity contribution in [3.8, 4) is 0 Å². The minimum absolute atomic E-state index is 0.0802. The van der Waals surface area contributed by atoms with Gasteiger partial charge in [0, 0.05) is 25.0 Å². The van der Waals surface area contributed by atoms with Crippen molar-refractivity contribution in [2.75, 3.05) is 13.1 Å². The molecule has 29 heavy (non-hydrogen) atoms. The topological polar surface area (TPSA) is 66.5 Å². The second-order valence-electron chi connectivity index (χ2n) is 9.20. The molecule has 0 bridgehead atoms. The third-order valence-corrected chi connectivity index (χ3v) is 8.23. The molecule has 1 aromatic rings. The van der Waals surface area contributed by atoms with Crippen molar-refractivity contribution in [2.45, 2.75) is 83.1 Å². The lowest BCUT2D eigenvalue weighted by molar-refractivity contribution is -0.126. The molecule has 162 valence electrons. The molecule has 5 nitrogen and oxygen atoms in total. The maximum atomic E-state index is 13.0. The molecule has 0 radical (unpaired) electrons. The maximum absolute atomic E-state index is 13.0. The molecule has 1 amide bonds. The van der Waals surface area contributed by atoms with E-state index in [1.165, 1.54) is 17.5 Å². The van der Waals surface area contributed by atoms with E-state index in [-0.39, 0.29) is 17.9 Å². The van der Waals surface area contributed by atoms with Crippen molar-refractivity contribution >= 4 is 15.9 Å². The molecular weight excluding hydrogens is 384 g/mol. The molecule has 3 rings (SSSR count). The lowest BCUT2D eigenvalue weighted by atomic mass is 9.96. The first-order valence-corrected chi connectivity index (χ1v) is 12.6. The van der Waals surface area contributed by atoms with Gasteiger partial charge in [0.05, 0.1) is 4.90 Å². The summed E-state index contributed by atoms with van der Waals surface area (Å²) in [5, 5.41) is 3.13. The van der Waals surface area contributed by atoms with Gasteiger partial charge >= 0.3 is 0 Å². The molecule has 1 aliphatic carbocycles. The zero-order chi connectivity index (χ0) is 21.0. The van der Waals surface area contributed by atoms with E-state index in [1.54, 1.807) is 10.4 Å². The Morgan fingerprint density at radius 2 is 1.79 bits per heavy atom. The third kappa shape index (κ3) is 5.60. The van der Waals surface area contributed by atoms with Crippen molar-refractivity contribution < 1.29 is 13.2 Å². The lowest BCUT2D eigenvalue weighted by Gasteiger charge is -2.31. The lowest BCUT2D eigenvalue weighted by Crippen LogP contribution is -2.44.